The summed E-state index contributed by atoms with van der Waals surface area (Å²) < 4.78 is 38.9. The van der Waals surface area contributed by atoms with E-state index in [0.717, 1.165) is 16.4 Å². The van der Waals surface area contributed by atoms with Crippen LogP contribution in [0.5, 0.6) is 0 Å². The average molecular weight is 353 g/mol. The lowest BCUT2D eigenvalue weighted by molar-refractivity contribution is 0.0715. The molecule has 0 radical (unpaired) electrons. The molecule has 0 fully saturated rings. The molecule has 0 saturated carbocycles. The Balaban J connectivity index is 2.01. The Morgan fingerprint density at radius 3 is 2.38 bits per heavy atom. The van der Waals surface area contributed by atoms with Gasteiger partial charge in [0.1, 0.15) is 5.82 Å². The SMILES string of the molecule is CN(CC(O)CC(O)c1ccccc1)S(=O)(=O)c1cccc(F)c1. The fourth-order valence-corrected chi connectivity index (χ4v) is 3.59. The first kappa shape index (κ1) is 18.5. The van der Waals surface area contributed by atoms with Crippen molar-refractivity contribution in [3.63, 3.8) is 0 Å². The van der Waals surface area contributed by atoms with Gasteiger partial charge >= 0.3 is 0 Å². The van der Waals surface area contributed by atoms with Gasteiger partial charge in [0.2, 0.25) is 10.0 Å². The van der Waals surface area contributed by atoms with Gasteiger partial charge in [0.15, 0.2) is 0 Å². The second kappa shape index (κ2) is 7.85. The number of nitrogens with zero attached hydrogens (tertiary/aromatic N) is 1. The summed E-state index contributed by atoms with van der Waals surface area (Å²) in [4.78, 5) is -0.180. The zero-order valence-corrected chi connectivity index (χ0v) is 14.0. The second-order valence-electron chi connectivity index (χ2n) is 5.56. The highest BCUT2D eigenvalue weighted by Crippen LogP contribution is 2.20. The molecule has 0 aliphatic carbocycles. The second-order valence-corrected chi connectivity index (χ2v) is 7.60. The van der Waals surface area contributed by atoms with Crippen molar-refractivity contribution in [3.05, 3.63) is 66.0 Å². The van der Waals surface area contributed by atoms with E-state index in [-0.39, 0.29) is 17.9 Å². The van der Waals surface area contributed by atoms with Crippen LogP contribution in [0.1, 0.15) is 18.1 Å². The highest BCUT2D eigenvalue weighted by atomic mass is 32.2. The molecule has 0 spiro atoms. The molecule has 0 aliphatic heterocycles. The molecule has 5 nitrogen and oxygen atoms in total. The fraction of sp³-hybridized carbons (Fsp3) is 0.294. The minimum absolute atomic E-state index is 0.00692. The molecular weight excluding hydrogens is 333 g/mol. The number of hydrogen-bond donors (Lipinski definition) is 2. The molecule has 0 amide bonds. The smallest absolute Gasteiger partial charge is 0.243 e. The van der Waals surface area contributed by atoms with Gasteiger partial charge in [0.05, 0.1) is 17.1 Å². The van der Waals surface area contributed by atoms with Crippen molar-refractivity contribution in [1.82, 2.24) is 4.31 Å². The number of rotatable bonds is 7. The van der Waals surface area contributed by atoms with Crippen LogP contribution in [0.25, 0.3) is 0 Å². The average Bonchev–Trinajstić information content (AvgIpc) is 2.55. The molecule has 24 heavy (non-hydrogen) atoms. The molecule has 2 N–H and O–H groups in total. The topological polar surface area (TPSA) is 77.8 Å². The minimum atomic E-state index is -3.91. The van der Waals surface area contributed by atoms with Gasteiger partial charge in [-0.3, -0.25) is 0 Å². The predicted octanol–water partition coefficient (Wildman–Crippen LogP) is 1.93. The Morgan fingerprint density at radius 2 is 1.75 bits per heavy atom. The maximum Gasteiger partial charge on any atom is 0.243 e. The van der Waals surface area contributed by atoms with Crippen molar-refractivity contribution in [3.8, 4) is 0 Å². The first-order valence-electron chi connectivity index (χ1n) is 7.43. The van der Waals surface area contributed by atoms with Crippen LogP contribution in [0.3, 0.4) is 0 Å². The van der Waals surface area contributed by atoms with Gasteiger partial charge in [-0.25, -0.2) is 12.8 Å². The summed E-state index contributed by atoms with van der Waals surface area (Å²) in [6.45, 7) is -0.206. The van der Waals surface area contributed by atoms with Gasteiger partial charge in [-0.2, -0.15) is 4.31 Å². The van der Waals surface area contributed by atoms with E-state index >= 15 is 0 Å². The maximum absolute atomic E-state index is 13.2. The van der Waals surface area contributed by atoms with E-state index in [0.29, 0.717) is 5.56 Å². The van der Waals surface area contributed by atoms with Crippen LogP contribution in [-0.4, -0.2) is 42.6 Å². The summed E-state index contributed by atoms with van der Waals surface area (Å²) in [5, 5.41) is 20.2. The standard InChI is InChI=1S/C17H20FNO4S/c1-19(24(22,23)16-9-5-8-14(18)10-16)12-15(20)11-17(21)13-6-3-2-4-7-13/h2-10,15,17,20-21H,11-12H2,1H3. The molecule has 2 aromatic carbocycles. The van der Waals surface area contributed by atoms with E-state index in [1.54, 1.807) is 24.3 Å². The van der Waals surface area contributed by atoms with E-state index < -0.39 is 28.0 Å². The van der Waals surface area contributed by atoms with Crippen LogP contribution in [0, 0.1) is 5.82 Å². The largest absolute Gasteiger partial charge is 0.392 e. The van der Waals surface area contributed by atoms with E-state index in [1.165, 1.54) is 19.2 Å². The Hall–Kier alpha value is -1.80. The van der Waals surface area contributed by atoms with Gasteiger partial charge in [-0.1, -0.05) is 36.4 Å². The van der Waals surface area contributed by atoms with Gasteiger partial charge in [-0.05, 0) is 23.8 Å². The minimum Gasteiger partial charge on any atom is -0.392 e. The molecular formula is C17H20FNO4S. The van der Waals surface area contributed by atoms with Crippen molar-refractivity contribution >= 4 is 10.0 Å². The van der Waals surface area contributed by atoms with Crippen molar-refractivity contribution in [2.24, 2.45) is 0 Å². The van der Waals surface area contributed by atoms with Crippen LogP contribution >= 0.6 is 0 Å². The van der Waals surface area contributed by atoms with Gasteiger partial charge in [-0.15, -0.1) is 0 Å². The lowest BCUT2D eigenvalue weighted by Crippen LogP contribution is -2.35. The molecule has 2 rings (SSSR count). The summed E-state index contributed by atoms with van der Waals surface area (Å²) in [5.74, 6) is -0.649. The monoisotopic (exact) mass is 353 g/mol. The molecule has 0 heterocycles. The van der Waals surface area contributed by atoms with Crippen molar-refractivity contribution in [1.29, 1.82) is 0 Å². The quantitative estimate of drug-likeness (QED) is 0.797. The summed E-state index contributed by atoms with van der Waals surface area (Å²) >= 11 is 0. The van der Waals surface area contributed by atoms with Crippen LogP contribution in [0.15, 0.2) is 59.5 Å². The molecule has 0 bridgehead atoms. The number of benzene rings is 2. The van der Waals surface area contributed by atoms with Crippen molar-refractivity contribution in [2.45, 2.75) is 23.5 Å². The number of hydrogen-bond acceptors (Lipinski definition) is 4. The summed E-state index contributed by atoms with van der Waals surface area (Å²) in [5.41, 5.74) is 0.646. The lowest BCUT2D eigenvalue weighted by atomic mass is 10.0. The first-order chi connectivity index (χ1) is 11.3. The third-order valence-electron chi connectivity index (χ3n) is 3.65. The van der Waals surface area contributed by atoms with E-state index in [1.807, 2.05) is 6.07 Å². The van der Waals surface area contributed by atoms with Crippen LogP contribution in [0.2, 0.25) is 0 Å². The number of likely N-dealkylation sites (N-methyl/N-ethyl adjacent to an activating group) is 1. The van der Waals surface area contributed by atoms with Crippen LogP contribution < -0.4 is 0 Å². The molecule has 0 saturated heterocycles. The molecule has 2 atom stereocenters. The third-order valence-corrected chi connectivity index (χ3v) is 5.47. The molecule has 2 unspecified atom stereocenters. The van der Waals surface area contributed by atoms with Gasteiger partial charge in [0.25, 0.3) is 0 Å². The Morgan fingerprint density at radius 1 is 1.08 bits per heavy atom. The first-order valence-corrected chi connectivity index (χ1v) is 8.87. The highest BCUT2D eigenvalue weighted by molar-refractivity contribution is 7.89. The lowest BCUT2D eigenvalue weighted by Gasteiger charge is -2.22. The van der Waals surface area contributed by atoms with Crippen LogP contribution in [-0.2, 0) is 10.0 Å². The summed E-state index contributed by atoms with van der Waals surface area (Å²) in [6, 6.07) is 13.5. The van der Waals surface area contributed by atoms with E-state index in [2.05, 4.69) is 0 Å². The molecule has 7 heteroatoms. The van der Waals surface area contributed by atoms with E-state index in [4.69, 9.17) is 0 Å². The van der Waals surface area contributed by atoms with Crippen molar-refractivity contribution < 1.29 is 23.0 Å². The molecule has 0 aromatic heterocycles. The van der Waals surface area contributed by atoms with Gasteiger partial charge < -0.3 is 10.2 Å². The molecule has 0 aliphatic rings. The number of halogens is 1. The van der Waals surface area contributed by atoms with E-state index in [9.17, 15) is 23.0 Å². The Bertz CT molecular complexity index is 767. The normalized spacial score (nSPS) is 14.5. The zero-order valence-electron chi connectivity index (χ0n) is 13.2. The zero-order chi connectivity index (χ0) is 17.7. The highest BCUT2D eigenvalue weighted by Gasteiger charge is 2.24. The van der Waals surface area contributed by atoms with Gasteiger partial charge in [0, 0.05) is 20.0 Å². The Labute approximate surface area is 141 Å². The predicted molar refractivity (Wildman–Crippen MR) is 88.2 cm³/mol. The third kappa shape index (κ3) is 4.61. The number of aliphatic hydroxyl groups excluding tert-OH is 2. The molecule has 2 aromatic rings. The number of aliphatic hydroxyl groups is 2. The maximum atomic E-state index is 13.2. The molecule has 130 valence electrons. The summed E-state index contributed by atoms with van der Waals surface area (Å²) in [7, 11) is -2.60. The number of sulfonamides is 1. The van der Waals surface area contributed by atoms with Crippen molar-refractivity contribution in [2.75, 3.05) is 13.6 Å². The fourth-order valence-electron chi connectivity index (χ4n) is 2.35. The van der Waals surface area contributed by atoms with Crippen LogP contribution in [0.4, 0.5) is 4.39 Å². The Kier molecular flexibility index (Phi) is 6.06. The summed E-state index contributed by atoms with van der Waals surface area (Å²) in [6.07, 6.45) is -1.97.